The van der Waals surface area contributed by atoms with Crippen LogP contribution in [-0.4, -0.2) is 16.5 Å². The van der Waals surface area contributed by atoms with Crippen molar-refractivity contribution < 1.29 is 13.9 Å². The van der Waals surface area contributed by atoms with Crippen LogP contribution in [-0.2, 0) is 17.9 Å². The van der Waals surface area contributed by atoms with Crippen LogP contribution in [0.15, 0.2) is 41.3 Å². The molecule has 0 bridgehead atoms. The first-order valence-corrected chi connectivity index (χ1v) is 8.89. The minimum Gasteiger partial charge on any atom is -0.483 e. The molecule has 0 atom stereocenters. The molecule has 5 nitrogen and oxygen atoms in total. The fourth-order valence-corrected chi connectivity index (χ4v) is 3.20. The number of aromatic nitrogens is 1. The molecular weight excluding hydrogens is 335 g/mol. The molecule has 1 saturated carbocycles. The van der Waals surface area contributed by atoms with Crippen LogP contribution in [0.25, 0.3) is 0 Å². The van der Waals surface area contributed by atoms with Crippen LogP contribution in [0.2, 0.25) is 0 Å². The normalized spacial score (nSPS) is 14.4. The van der Waals surface area contributed by atoms with Gasteiger partial charge in [-0.3, -0.25) is 9.59 Å². The molecule has 2 aromatic rings. The van der Waals surface area contributed by atoms with Gasteiger partial charge in [0.1, 0.15) is 19.0 Å². The molecule has 26 heavy (non-hydrogen) atoms. The van der Waals surface area contributed by atoms with Crippen molar-refractivity contribution in [3.8, 4) is 5.75 Å². The van der Waals surface area contributed by atoms with Crippen LogP contribution in [0.5, 0.6) is 5.75 Å². The molecule has 3 rings (SSSR count). The van der Waals surface area contributed by atoms with Crippen molar-refractivity contribution in [2.24, 2.45) is 0 Å². The molecule has 138 valence electrons. The van der Waals surface area contributed by atoms with Crippen molar-refractivity contribution in [3.05, 3.63) is 63.8 Å². The van der Waals surface area contributed by atoms with Crippen molar-refractivity contribution in [3.63, 3.8) is 0 Å². The second-order valence-corrected chi connectivity index (χ2v) is 6.70. The molecule has 1 heterocycles. The van der Waals surface area contributed by atoms with E-state index in [1.165, 1.54) is 18.3 Å². The smallest absolute Gasteiger partial charge is 0.240 e. The lowest BCUT2D eigenvalue weighted by Crippen LogP contribution is -2.35. The average molecular weight is 358 g/mol. The quantitative estimate of drug-likeness (QED) is 0.864. The van der Waals surface area contributed by atoms with E-state index in [0.29, 0.717) is 11.3 Å². The predicted molar refractivity (Wildman–Crippen MR) is 96.6 cm³/mol. The van der Waals surface area contributed by atoms with Gasteiger partial charge in [0.25, 0.3) is 0 Å². The van der Waals surface area contributed by atoms with E-state index < -0.39 is 0 Å². The number of nitrogens with zero attached hydrogens (tertiary/aromatic N) is 1. The lowest BCUT2D eigenvalue weighted by molar-refractivity contribution is -0.122. The molecule has 1 N–H and O–H groups in total. The number of carbonyl (C=O) groups is 1. The van der Waals surface area contributed by atoms with E-state index >= 15 is 0 Å². The Bertz CT molecular complexity index is 841. The Morgan fingerprint density at radius 3 is 2.77 bits per heavy atom. The molecule has 1 aliphatic rings. The molecule has 1 amide bonds. The van der Waals surface area contributed by atoms with Crippen molar-refractivity contribution >= 4 is 5.91 Å². The van der Waals surface area contributed by atoms with Gasteiger partial charge >= 0.3 is 0 Å². The highest BCUT2D eigenvalue weighted by molar-refractivity contribution is 5.76. The number of pyridine rings is 1. The molecule has 0 aliphatic heterocycles. The second kappa shape index (κ2) is 8.17. The van der Waals surface area contributed by atoms with Crippen molar-refractivity contribution in [2.45, 2.75) is 51.8 Å². The van der Waals surface area contributed by atoms with Gasteiger partial charge in [-0.1, -0.05) is 31.0 Å². The molecule has 0 radical (unpaired) electrons. The zero-order chi connectivity index (χ0) is 18.5. The summed E-state index contributed by atoms with van der Waals surface area (Å²) in [5.74, 6) is -0.355. The minimum atomic E-state index is -0.379. The van der Waals surface area contributed by atoms with E-state index in [4.69, 9.17) is 4.74 Å². The van der Waals surface area contributed by atoms with Crippen molar-refractivity contribution in [1.29, 1.82) is 0 Å². The molecule has 1 fully saturated rings. The number of hydrogen-bond acceptors (Lipinski definition) is 3. The summed E-state index contributed by atoms with van der Waals surface area (Å²) >= 11 is 0. The summed E-state index contributed by atoms with van der Waals surface area (Å²) in [6.07, 6.45) is 5.86. The van der Waals surface area contributed by atoms with E-state index in [0.717, 1.165) is 25.7 Å². The van der Waals surface area contributed by atoms with Crippen LogP contribution >= 0.6 is 0 Å². The third-order valence-electron chi connectivity index (χ3n) is 4.68. The van der Waals surface area contributed by atoms with Crippen LogP contribution in [0, 0.1) is 12.7 Å². The Balaban J connectivity index is 1.69. The highest BCUT2D eigenvalue weighted by Gasteiger charge is 2.17. The fraction of sp³-hybridized carbons (Fsp3) is 0.400. The number of benzene rings is 1. The Labute approximate surface area is 151 Å². The maximum atomic E-state index is 13.7. The first-order chi connectivity index (χ1) is 12.5. The van der Waals surface area contributed by atoms with Gasteiger partial charge in [-0.15, -0.1) is 0 Å². The summed E-state index contributed by atoms with van der Waals surface area (Å²) in [7, 11) is 0. The van der Waals surface area contributed by atoms with Crippen LogP contribution < -0.4 is 15.5 Å². The van der Waals surface area contributed by atoms with Crippen LogP contribution in [0.4, 0.5) is 4.39 Å². The predicted octanol–water partition coefficient (Wildman–Crippen LogP) is 2.93. The van der Waals surface area contributed by atoms with Gasteiger partial charge in [0, 0.05) is 23.4 Å². The lowest BCUT2D eigenvalue weighted by atomic mass is 10.2. The summed E-state index contributed by atoms with van der Waals surface area (Å²) in [6, 6.07) is 7.94. The van der Waals surface area contributed by atoms with Crippen LogP contribution in [0.3, 0.4) is 0 Å². The number of amides is 1. The summed E-state index contributed by atoms with van der Waals surface area (Å²) in [5.41, 5.74) is 0.763. The highest BCUT2D eigenvalue weighted by atomic mass is 19.1. The summed E-state index contributed by atoms with van der Waals surface area (Å²) in [4.78, 5) is 24.4. The number of rotatable bonds is 6. The van der Waals surface area contributed by atoms with E-state index in [2.05, 4.69) is 5.32 Å². The monoisotopic (exact) mass is 358 g/mol. The van der Waals surface area contributed by atoms with Gasteiger partial charge in [0.2, 0.25) is 11.3 Å². The second-order valence-electron chi connectivity index (χ2n) is 6.70. The number of carbonyl (C=O) groups excluding carboxylic acids is 1. The van der Waals surface area contributed by atoms with Crippen molar-refractivity contribution in [2.75, 3.05) is 0 Å². The third-order valence-corrected chi connectivity index (χ3v) is 4.68. The minimum absolute atomic E-state index is 0.0424. The molecule has 1 aromatic heterocycles. The van der Waals surface area contributed by atoms with E-state index in [1.54, 1.807) is 29.7 Å². The highest BCUT2D eigenvalue weighted by Crippen LogP contribution is 2.17. The number of halogens is 1. The molecule has 0 saturated heterocycles. The first-order valence-electron chi connectivity index (χ1n) is 8.89. The molecule has 0 spiro atoms. The number of aryl methyl sites for hydroxylation is 1. The molecule has 0 unspecified atom stereocenters. The van der Waals surface area contributed by atoms with E-state index in [1.807, 2.05) is 0 Å². The summed E-state index contributed by atoms with van der Waals surface area (Å²) in [6.45, 7) is 1.85. The average Bonchev–Trinajstić information content (AvgIpc) is 3.10. The maximum absolute atomic E-state index is 13.7. The zero-order valence-electron chi connectivity index (χ0n) is 14.8. The Morgan fingerprint density at radius 1 is 1.31 bits per heavy atom. The molecule has 1 aromatic carbocycles. The Hall–Kier alpha value is -2.63. The van der Waals surface area contributed by atoms with E-state index in [-0.39, 0.29) is 42.1 Å². The largest absolute Gasteiger partial charge is 0.483 e. The Morgan fingerprint density at radius 2 is 2.04 bits per heavy atom. The topological polar surface area (TPSA) is 60.3 Å². The fourth-order valence-electron chi connectivity index (χ4n) is 3.20. The summed E-state index contributed by atoms with van der Waals surface area (Å²) < 4.78 is 20.9. The van der Waals surface area contributed by atoms with Gasteiger partial charge in [-0.2, -0.15) is 0 Å². The number of ether oxygens (including phenoxy) is 1. The molecule has 1 aliphatic carbocycles. The molecule has 6 heteroatoms. The molecular formula is C20H23FN2O3. The zero-order valence-corrected chi connectivity index (χ0v) is 14.8. The van der Waals surface area contributed by atoms with Gasteiger partial charge in [0.05, 0.1) is 6.20 Å². The number of nitrogens with one attached hydrogen (secondary N) is 1. The van der Waals surface area contributed by atoms with Gasteiger partial charge in [-0.05, 0) is 25.8 Å². The first kappa shape index (κ1) is 18.2. The summed E-state index contributed by atoms with van der Waals surface area (Å²) in [5, 5.41) is 3.03. The Kier molecular flexibility index (Phi) is 5.71. The number of hydrogen-bond donors (Lipinski definition) is 1. The lowest BCUT2D eigenvalue weighted by Gasteiger charge is -2.16. The van der Waals surface area contributed by atoms with Gasteiger partial charge < -0.3 is 14.6 Å². The van der Waals surface area contributed by atoms with Crippen LogP contribution in [0.1, 0.15) is 36.9 Å². The van der Waals surface area contributed by atoms with E-state index in [9.17, 15) is 14.0 Å². The maximum Gasteiger partial charge on any atom is 0.240 e. The van der Waals surface area contributed by atoms with Gasteiger partial charge in [0.15, 0.2) is 5.75 Å². The third kappa shape index (κ3) is 4.50. The van der Waals surface area contributed by atoms with Gasteiger partial charge in [-0.25, -0.2) is 4.39 Å². The SMILES string of the molecule is Cc1cc(=O)c(OCc2ccccc2F)cn1CC(=O)NC1CCCC1. The standard InChI is InChI=1S/C20H23FN2O3/c1-14-10-18(24)19(26-13-15-6-2-5-9-17(15)21)11-23(14)12-20(25)22-16-7-3-4-8-16/h2,5-6,9-11,16H,3-4,7-8,12-13H2,1H3,(H,22,25). The van der Waals surface area contributed by atoms with Crippen molar-refractivity contribution in [1.82, 2.24) is 9.88 Å².